The standard InChI is InChI=1S/C21H26FN3O3S/c22-20-7-3-2-6-18(20)12-13-23-21(26)24-16-17-8-10-19(11-9-17)29(27,28)25-14-4-1-5-15-25/h2-3,6-11H,1,4-5,12-16H2,(H2,23,24,26). The van der Waals surface area contributed by atoms with Gasteiger partial charge in [0.05, 0.1) is 4.90 Å². The largest absolute Gasteiger partial charge is 0.338 e. The average molecular weight is 420 g/mol. The van der Waals surface area contributed by atoms with Crippen LogP contribution in [0.15, 0.2) is 53.4 Å². The minimum Gasteiger partial charge on any atom is -0.338 e. The molecule has 0 bridgehead atoms. The fourth-order valence-electron chi connectivity index (χ4n) is 3.29. The SMILES string of the molecule is O=C(NCCc1ccccc1F)NCc1ccc(S(=O)(=O)N2CCCCC2)cc1. The number of nitrogens with one attached hydrogen (secondary N) is 2. The van der Waals surface area contributed by atoms with E-state index in [1.165, 1.54) is 10.4 Å². The van der Waals surface area contributed by atoms with E-state index in [4.69, 9.17) is 0 Å². The second-order valence-corrected chi connectivity index (χ2v) is 9.00. The molecular weight excluding hydrogens is 393 g/mol. The molecule has 1 fully saturated rings. The van der Waals surface area contributed by atoms with Gasteiger partial charge < -0.3 is 10.6 Å². The molecule has 2 aromatic carbocycles. The summed E-state index contributed by atoms with van der Waals surface area (Å²) in [5.74, 6) is -0.283. The molecule has 0 spiro atoms. The van der Waals surface area contributed by atoms with Gasteiger partial charge in [0.1, 0.15) is 5.82 Å². The van der Waals surface area contributed by atoms with Crippen molar-refractivity contribution in [2.45, 2.75) is 37.1 Å². The van der Waals surface area contributed by atoms with E-state index in [9.17, 15) is 17.6 Å². The van der Waals surface area contributed by atoms with Gasteiger partial charge in [0, 0.05) is 26.2 Å². The van der Waals surface area contributed by atoms with Crippen LogP contribution >= 0.6 is 0 Å². The Morgan fingerprint density at radius 3 is 2.34 bits per heavy atom. The Morgan fingerprint density at radius 2 is 1.66 bits per heavy atom. The number of benzene rings is 2. The molecule has 156 valence electrons. The second kappa shape index (κ2) is 9.84. The Balaban J connectivity index is 1.46. The van der Waals surface area contributed by atoms with Crippen molar-refractivity contribution >= 4 is 16.1 Å². The first-order chi connectivity index (χ1) is 14.0. The third-order valence-corrected chi connectivity index (χ3v) is 6.88. The highest BCUT2D eigenvalue weighted by Gasteiger charge is 2.25. The molecule has 0 atom stereocenters. The van der Waals surface area contributed by atoms with Gasteiger partial charge in [-0.2, -0.15) is 4.31 Å². The van der Waals surface area contributed by atoms with Gasteiger partial charge in [-0.25, -0.2) is 17.6 Å². The van der Waals surface area contributed by atoms with Gasteiger partial charge in [-0.15, -0.1) is 0 Å². The Labute approximate surface area is 171 Å². The van der Waals surface area contributed by atoms with Crippen LogP contribution in [0.25, 0.3) is 0 Å². The number of carbonyl (C=O) groups excluding carboxylic acids is 1. The lowest BCUT2D eigenvalue weighted by Gasteiger charge is -2.25. The third kappa shape index (κ3) is 5.77. The van der Waals surface area contributed by atoms with Crippen molar-refractivity contribution in [3.05, 3.63) is 65.5 Å². The zero-order valence-corrected chi connectivity index (χ0v) is 17.1. The van der Waals surface area contributed by atoms with Crippen molar-refractivity contribution in [1.82, 2.24) is 14.9 Å². The van der Waals surface area contributed by atoms with Crippen molar-refractivity contribution in [1.29, 1.82) is 0 Å². The first kappa shape index (κ1) is 21.3. The molecule has 0 radical (unpaired) electrons. The van der Waals surface area contributed by atoms with Gasteiger partial charge in [0.15, 0.2) is 0 Å². The highest BCUT2D eigenvalue weighted by molar-refractivity contribution is 7.89. The molecular formula is C21H26FN3O3S. The van der Waals surface area contributed by atoms with Gasteiger partial charge in [-0.3, -0.25) is 0 Å². The topological polar surface area (TPSA) is 78.5 Å². The summed E-state index contributed by atoms with van der Waals surface area (Å²) in [6.07, 6.45) is 3.27. The lowest BCUT2D eigenvalue weighted by molar-refractivity contribution is 0.240. The Morgan fingerprint density at radius 1 is 0.966 bits per heavy atom. The van der Waals surface area contributed by atoms with Crippen LogP contribution in [-0.2, 0) is 23.0 Å². The van der Waals surface area contributed by atoms with E-state index in [-0.39, 0.29) is 23.3 Å². The summed E-state index contributed by atoms with van der Waals surface area (Å²) in [6, 6.07) is 12.7. The number of piperidine rings is 1. The highest BCUT2D eigenvalue weighted by atomic mass is 32.2. The molecule has 1 aliphatic heterocycles. The van der Waals surface area contributed by atoms with E-state index in [1.807, 2.05) is 0 Å². The monoisotopic (exact) mass is 419 g/mol. The number of amides is 2. The van der Waals surface area contributed by atoms with Crippen molar-refractivity contribution in [2.24, 2.45) is 0 Å². The van der Waals surface area contributed by atoms with Crippen LogP contribution < -0.4 is 10.6 Å². The van der Waals surface area contributed by atoms with Crippen molar-refractivity contribution in [2.75, 3.05) is 19.6 Å². The van der Waals surface area contributed by atoms with E-state index in [2.05, 4.69) is 10.6 Å². The first-order valence-corrected chi connectivity index (χ1v) is 11.2. The van der Waals surface area contributed by atoms with Gasteiger partial charge in [-0.05, 0) is 48.6 Å². The molecule has 1 aliphatic rings. The summed E-state index contributed by atoms with van der Waals surface area (Å²) in [6.45, 7) is 1.73. The van der Waals surface area contributed by atoms with Gasteiger partial charge in [0.25, 0.3) is 0 Å². The van der Waals surface area contributed by atoms with Crippen LogP contribution in [0.2, 0.25) is 0 Å². The number of rotatable bonds is 7. The number of urea groups is 1. The number of nitrogens with zero attached hydrogens (tertiary/aromatic N) is 1. The van der Waals surface area contributed by atoms with E-state index in [0.29, 0.717) is 31.6 Å². The molecule has 1 saturated heterocycles. The minimum atomic E-state index is -3.45. The van der Waals surface area contributed by atoms with Crippen LogP contribution in [0.3, 0.4) is 0 Å². The lowest BCUT2D eigenvalue weighted by Crippen LogP contribution is -2.36. The molecule has 0 aliphatic carbocycles. The number of hydrogen-bond donors (Lipinski definition) is 2. The number of sulfonamides is 1. The van der Waals surface area contributed by atoms with Crippen molar-refractivity contribution in [3.63, 3.8) is 0 Å². The first-order valence-electron chi connectivity index (χ1n) is 9.81. The van der Waals surface area contributed by atoms with Crippen LogP contribution in [0, 0.1) is 5.82 Å². The summed E-state index contributed by atoms with van der Waals surface area (Å²) >= 11 is 0. The Hall–Kier alpha value is -2.45. The maximum atomic E-state index is 13.5. The van der Waals surface area contributed by atoms with Crippen LogP contribution in [0.5, 0.6) is 0 Å². The summed E-state index contributed by atoms with van der Waals surface area (Å²) in [5, 5.41) is 5.41. The number of carbonyl (C=O) groups is 1. The van der Waals surface area contributed by atoms with Gasteiger partial charge in [0.2, 0.25) is 10.0 Å². The molecule has 0 saturated carbocycles. The zero-order valence-electron chi connectivity index (χ0n) is 16.2. The fraction of sp³-hybridized carbons (Fsp3) is 0.381. The maximum Gasteiger partial charge on any atom is 0.315 e. The van der Waals surface area contributed by atoms with Gasteiger partial charge in [-0.1, -0.05) is 36.8 Å². The van der Waals surface area contributed by atoms with Gasteiger partial charge >= 0.3 is 6.03 Å². The van der Waals surface area contributed by atoms with E-state index < -0.39 is 10.0 Å². The van der Waals surface area contributed by atoms with Crippen LogP contribution in [0.1, 0.15) is 30.4 Å². The third-order valence-electron chi connectivity index (χ3n) is 4.97. The fourth-order valence-corrected chi connectivity index (χ4v) is 4.81. The zero-order chi connectivity index (χ0) is 20.7. The summed E-state index contributed by atoms with van der Waals surface area (Å²) in [4.78, 5) is 12.2. The predicted octanol–water partition coefficient (Wildman–Crippen LogP) is 3.04. The normalized spacial score (nSPS) is 15.1. The molecule has 0 aromatic heterocycles. The summed E-state index contributed by atoms with van der Waals surface area (Å²) in [5.41, 5.74) is 1.35. The molecule has 2 N–H and O–H groups in total. The highest BCUT2D eigenvalue weighted by Crippen LogP contribution is 2.20. The smallest absolute Gasteiger partial charge is 0.315 e. The molecule has 0 unspecified atom stereocenters. The molecule has 8 heteroatoms. The summed E-state index contributed by atoms with van der Waals surface area (Å²) in [7, 11) is -3.45. The van der Waals surface area contributed by atoms with E-state index in [0.717, 1.165) is 24.8 Å². The van der Waals surface area contributed by atoms with Crippen LogP contribution in [0.4, 0.5) is 9.18 Å². The quantitative estimate of drug-likeness (QED) is 0.724. The lowest BCUT2D eigenvalue weighted by atomic mass is 10.1. The van der Waals surface area contributed by atoms with Crippen molar-refractivity contribution in [3.8, 4) is 0 Å². The Kier molecular flexibility index (Phi) is 7.22. The number of hydrogen-bond acceptors (Lipinski definition) is 3. The summed E-state index contributed by atoms with van der Waals surface area (Å²) < 4.78 is 40.4. The predicted molar refractivity (Wildman–Crippen MR) is 109 cm³/mol. The number of halogens is 1. The molecule has 2 amide bonds. The van der Waals surface area contributed by atoms with E-state index >= 15 is 0 Å². The molecule has 6 nitrogen and oxygen atoms in total. The minimum absolute atomic E-state index is 0.273. The van der Waals surface area contributed by atoms with Crippen molar-refractivity contribution < 1.29 is 17.6 Å². The molecule has 1 heterocycles. The second-order valence-electron chi connectivity index (χ2n) is 7.06. The maximum absolute atomic E-state index is 13.5. The van der Waals surface area contributed by atoms with Crippen LogP contribution in [-0.4, -0.2) is 38.4 Å². The molecule has 3 rings (SSSR count). The molecule has 29 heavy (non-hydrogen) atoms. The average Bonchev–Trinajstić information content (AvgIpc) is 2.74. The van der Waals surface area contributed by atoms with E-state index in [1.54, 1.807) is 42.5 Å². The molecule has 2 aromatic rings. The Bertz CT molecular complexity index is 926.